The standard InChI is InChI=1S/C16H14Cl2N6O3/c1-23-14(15(19)25)11(7-20-23)21-16(26)10-5-6-24(22-10)8-27-12-4-2-3-9(17)13(12)18/h2-7H,8H2,1H3,(H2,19,25)(H,21,26). The number of primary amides is 1. The molecule has 0 aliphatic carbocycles. The SMILES string of the molecule is Cn1ncc(NC(=O)c2ccn(COc3cccc(Cl)c3Cl)n2)c1C(N)=O. The van der Waals surface area contributed by atoms with E-state index >= 15 is 0 Å². The van der Waals surface area contributed by atoms with E-state index in [-0.39, 0.29) is 23.8 Å². The van der Waals surface area contributed by atoms with Crippen LogP contribution in [0, 0.1) is 0 Å². The first kappa shape index (κ1) is 18.7. The molecule has 2 amide bonds. The maximum atomic E-state index is 12.3. The van der Waals surface area contributed by atoms with E-state index in [1.807, 2.05) is 0 Å². The molecule has 0 aliphatic rings. The van der Waals surface area contributed by atoms with Crippen LogP contribution in [0.4, 0.5) is 5.69 Å². The first-order chi connectivity index (χ1) is 12.9. The minimum atomic E-state index is -0.706. The van der Waals surface area contributed by atoms with Crippen molar-refractivity contribution in [3.63, 3.8) is 0 Å². The molecular formula is C16H14Cl2N6O3. The van der Waals surface area contributed by atoms with Gasteiger partial charge in [-0.25, -0.2) is 4.68 Å². The Bertz CT molecular complexity index is 1010. The molecule has 3 N–H and O–H groups in total. The van der Waals surface area contributed by atoms with Gasteiger partial charge in [-0.3, -0.25) is 14.3 Å². The summed E-state index contributed by atoms with van der Waals surface area (Å²) >= 11 is 12.0. The Morgan fingerprint density at radius 3 is 2.81 bits per heavy atom. The number of carbonyl (C=O) groups excluding carboxylic acids is 2. The zero-order valence-corrected chi connectivity index (χ0v) is 15.5. The number of amides is 2. The Hall–Kier alpha value is -3.04. The fraction of sp³-hybridized carbons (Fsp3) is 0.125. The van der Waals surface area contributed by atoms with Crippen molar-refractivity contribution in [2.24, 2.45) is 12.8 Å². The first-order valence-corrected chi connectivity index (χ1v) is 8.36. The van der Waals surface area contributed by atoms with Crippen molar-refractivity contribution >= 4 is 40.7 Å². The molecule has 0 atom stereocenters. The van der Waals surface area contributed by atoms with Crippen molar-refractivity contribution in [3.05, 3.63) is 58.1 Å². The van der Waals surface area contributed by atoms with Gasteiger partial charge in [0.05, 0.1) is 16.9 Å². The number of benzene rings is 1. The molecule has 2 heterocycles. The number of aryl methyl sites for hydroxylation is 1. The summed E-state index contributed by atoms with van der Waals surface area (Å²) in [5, 5.41) is 11.2. The Kier molecular flexibility index (Phi) is 5.33. The first-order valence-electron chi connectivity index (χ1n) is 7.60. The summed E-state index contributed by atoms with van der Waals surface area (Å²) in [5.41, 5.74) is 5.69. The second-order valence-corrected chi connectivity index (χ2v) is 6.20. The Morgan fingerprint density at radius 1 is 1.30 bits per heavy atom. The summed E-state index contributed by atoms with van der Waals surface area (Å²) < 4.78 is 8.23. The van der Waals surface area contributed by atoms with Crippen LogP contribution in [0.3, 0.4) is 0 Å². The lowest BCUT2D eigenvalue weighted by Gasteiger charge is -2.08. The fourth-order valence-corrected chi connectivity index (χ4v) is 2.64. The van der Waals surface area contributed by atoms with Gasteiger partial charge < -0.3 is 15.8 Å². The minimum Gasteiger partial charge on any atom is -0.470 e. The Balaban J connectivity index is 1.68. The van der Waals surface area contributed by atoms with Gasteiger partial charge in [-0.1, -0.05) is 29.3 Å². The highest BCUT2D eigenvalue weighted by molar-refractivity contribution is 6.42. The molecule has 0 fully saturated rings. The number of hydrogen-bond acceptors (Lipinski definition) is 5. The summed E-state index contributed by atoms with van der Waals surface area (Å²) in [6.07, 6.45) is 2.89. The van der Waals surface area contributed by atoms with Gasteiger partial charge in [0.25, 0.3) is 11.8 Å². The van der Waals surface area contributed by atoms with Crippen LogP contribution in [0.1, 0.15) is 21.0 Å². The maximum Gasteiger partial charge on any atom is 0.276 e. The molecule has 11 heteroatoms. The molecule has 2 aromatic heterocycles. The van der Waals surface area contributed by atoms with Crippen molar-refractivity contribution in [1.29, 1.82) is 0 Å². The topological polar surface area (TPSA) is 117 Å². The molecule has 1 aromatic carbocycles. The van der Waals surface area contributed by atoms with E-state index in [2.05, 4.69) is 15.5 Å². The van der Waals surface area contributed by atoms with E-state index in [1.54, 1.807) is 31.4 Å². The predicted molar refractivity (Wildman–Crippen MR) is 99.0 cm³/mol. The second kappa shape index (κ2) is 7.68. The van der Waals surface area contributed by atoms with Gasteiger partial charge >= 0.3 is 0 Å². The maximum absolute atomic E-state index is 12.3. The average molecular weight is 409 g/mol. The van der Waals surface area contributed by atoms with Crippen LogP contribution in [0.2, 0.25) is 10.0 Å². The number of anilines is 1. The van der Waals surface area contributed by atoms with Crippen molar-refractivity contribution < 1.29 is 14.3 Å². The molecule has 0 spiro atoms. The zero-order valence-electron chi connectivity index (χ0n) is 14.0. The Labute approximate surface area is 163 Å². The lowest BCUT2D eigenvalue weighted by Crippen LogP contribution is -2.20. The van der Waals surface area contributed by atoms with Crippen molar-refractivity contribution in [2.45, 2.75) is 6.73 Å². The van der Waals surface area contributed by atoms with E-state index in [9.17, 15) is 9.59 Å². The highest BCUT2D eigenvalue weighted by Crippen LogP contribution is 2.31. The highest BCUT2D eigenvalue weighted by atomic mass is 35.5. The van der Waals surface area contributed by atoms with E-state index < -0.39 is 11.8 Å². The van der Waals surface area contributed by atoms with Crippen molar-refractivity contribution in [2.75, 3.05) is 5.32 Å². The number of nitrogens with one attached hydrogen (secondary N) is 1. The van der Waals surface area contributed by atoms with E-state index in [0.29, 0.717) is 15.8 Å². The molecule has 0 aliphatic heterocycles. The Morgan fingerprint density at radius 2 is 2.07 bits per heavy atom. The van der Waals surface area contributed by atoms with Crippen LogP contribution in [-0.4, -0.2) is 31.4 Å². The van der Waals surface area contributed by atoms with Crippen LogP contribution >= 0.6 is 23.2 Å². The van der Waals surface area contributed by atoms with E-state index in [4.69, 9.17) is 33.7 Å². The molecule has 0 unspecified atom stereocenters. The van der Waals surface area contributed by atoms with Crippen molar-refractivity contribution in [1.82, 2.24) is 19.6 Å². The summed E-state index contributed by atoms with van der Waals surface area (Å²) in [7, 11) is 1.54. The molecule has 3 rings (SSSR count). The number of rotatable bonds is 6. The van der Waals surface area contributed by atoms with E-state index in [0.717, 1.165) is 0 Å². The molecule has 27 heavy (non-hydrogen) atoms. The monoisotopic (exact) mass is 408 g/mol. The number of aromatic nitrogens is 4. The summed E-state index contributed by atoms with van der Waals surface area (Å²) in [4.78, 5) is 23.8. The number of ether oxygens (including phenoxy) is 1. The van der Waals surface area contributed by atoms with Gasteiger partial charge in [0.1, 0.15) is 16.5 Å². The van der Waals surface area contributed by atoms with E-state index in [1.165, 1.54) is 21.6 Å². The molecule has 0 bridgehead atoms. The molecule has 140 valence electrons. The van der Waals surface area contributed by atoms with Gasteiger partial charge in [-0.15, -0.1) is 0 Å². The van der Waals surface area contributed by atoms with Crippen LogP contribution < -0.4 is 15.8 Å². The fourth-order valence-electron chi connectivity index (χ4n) is 2.29. The third-order valence-electron chi connectivity index (χ3n) is 3.56. The molecule has 0 saturated heterocycles. The van der Waals surface area contributed by atoms with Gasteiger partial charge in [-0.05, 0) is 18.2 Å². The molecule has 3 aromatic rings. The number of halogens is 2. The largest absolute Gasteiger partial charge is 0.470 e. The normalized spacial score (nSPS) is 10.6. The third kappa shape index (κ3) is 4.04. The van der Waals surface area contributed by atoms with Gasteiger partial charge in [-0.2, -0.15) is 10.2 Å². The van der Waals surface area contributed by atoms with Gasteiger partial charge in [0.15, 0.2) is 12.4 Å². The van der Waals surface area contributed by atoms with Crippen LogP contribution in [0.5, 0.6) is 5.75 Å². The zero-order chi connectivity index (χ0) is 19.6. The predicted octanol–water partition coefficient (Wildman–Crippen LogP) is 2.31. The lowest BCUT2D eigenvalue weighted by molar-refractivity contribution is 0.0992. The van der Waals surface area contributed by atoms with Crippen LogP contribution in [0.15, 0.2) is 36.7 Å². The number of nitrogens with zero attached hydrogens (tertiary/aromatic N) is 4. The van der Waals surface area contributed by atoms with Crippen molar-refractivity contribution in [3.8, 4) is 5.75 Å². The van der Waals surface area contributed by atoms with Gasteiger partial charge in [0, 0.05) is 13.2 Å². The number of nitrogens with two attached hydrogens (primary N) is 1. The summed E-state index contributed by atoms with van der Waals surface area (Å²) in [6, 6.07) is 6.51. The molecular weight excluding hydrogens is 395 g/mol. The summed E-state index contributed by atoms with van der Waals surface area (Å²) in [5.74, 6) is -0.834. The molecule has 0 radical (unpaired) electrons. The summed E-state index contributed by atoms with van der Waals surface area (Å²) in [6.45, 7) is 0.0206. The van der Waals surface area contributed by atoms with Crippen LogP contribution in [0.25, 0.3) is 0 Å². The number of carbonyl (C=O) groups is 2. The van der Waals surface area contributed by atoms with Gasteiger partial charge in [0.2, 0.25) is 0 Å². The quantitative estimate of drug-likeness (QED) is 0.648. The van der Waals surface area contributed by atoms with Crippen LogP contribution in [-0.2, 0) is 13.8 Å². The second-order valence-electron chi connectivity index (χ2n) is 5.41. The average Bonchev–Trinajstić information content (AvgIpc) is 3.23. The smallest absolute Gasteiger partial charge is 0.276 e. The highest BCUT2D eigenvalue weighted by Gasteiger charge is 2.18. The third-order valence-corrected chi connectivity index (χ3v) is 4.36. The lowest BCUT2D eigenvalue weighted by atomic mass is 10.3. The number of hydrogen-bond donors (Lipinski definition) is 2. The minimum absolute atomic E-state index is 0.0206. The molecule has 0 saturated carbocycles. The molecule has 9 nitrogen and oxygen atoms in total.